The van der Waals surface area contributed by atoms with Crippen LogP contribution in [0.15, 0.2) is 29.1 Å². The van der Waals surface area contributed by atoms with E-state index in [1.165, 1.54) is 0 Å². The summed E-state index contributed by atoms with van der Waals surface area (Å²) in [6, 6.07) is -0.0145. The molecule has 1 amide bonds. The van der Waals surface area contributed by atoms with Crippen molar-refractivity contribution in [1.29, 1.82) is 0 Å². The van der Waals surface area contributed by atoms with Gasteiger partial charge in [0.25, 0.3) is 12.4 Å². The van der Waals surface area contributed by atoms with E-state index in [0.717, 1.165) is 6.07 Å². The first kappa shape index (κ1) is 44.7. The molecule has 0 radical (unpaired) electrons. The molecule has 296 valence electrons. The van der Waals surface area contributed by atoms with E-state index in [1.807, 2.05) is 0 Å². The first-order valence-electron chi connectivity index (χ1n) is 16.6. The van der Waals surface area contributed by atoms with Gasteiger partial charge >= 0.3 is 11.9 Å². The number of hydrogen-bond acceptors (Lipinski definition) is 10. The number of likely N-dealkylation sites (tertiary alicyclic amines) is 1. The number of nitrogens with zero attached hydrogens (tertiary/aromatic N) is 3. The van der Waals surface area contributed by atoms with Gasteiger partial charge in [-0.1, -0.05) is 11.7 Å². The van der Waals surface area contributed by atoms with Crippen LogP contribution in [0.3, 0.4) is 0 Å². The van der Waals surface area contributed by atoms with Gasteiger partial charge < -0.3 is 29.7 Å². The Morgan fingerprint density at radius 3 is 2.06 bits per heavy atom. The molecule has 0 spiro atoms. The monoisotopic (exact) mass is 764 g/mol. The summed E-state index contributed by atoms with van der Waals surface area (Å²) in [6.45, 7) is 13.2. The highest BCUT2D eigenvalue weighted by Gasteiger charge is 2.53. The van der Waals surface area contributed by atoms with E-state index in [1.54, 1.807) is 46.4 Å². The average molecular weight is 765 g/mol. The number of carbonyl (C=O) groups is 4. The van der Waals surface area contributed by atoms with E-state index >= 15 is 0 Å². The van der Waals surface area contributed by atoms with Crippen LogP contribution < -0.4 is 5.73 Å². The van der Waals surface area contributed by atoms with Crippen LogP contribution in [0.1, 0.15) is 110 Å². The SMILES string of the molecule is C=C(F)C(=O)OC(C)(C)C.CC(C)(C)OC(=O)C1(F)CC1.N[C@@H](CC(=O)N1CCC[C@H]1c1noc(C2(F)CC2)n1)Cc1cc(F)c(F)cc1F.O=CO. The zero-order valence-electron chi connectivity index (χ0n) is 30.4. The Labute approximate surface area is 303 Å². The molecule has 0 unspecified atom stereocenters. The number of carboxylic acid groups (broad SMARTS) is 1. The van der Waals surface area contributed by atoms with Gasteiger partial charge in [0.15, 0.2) is 23.1 Å². The maximum absolute atomic E-state index is 14.1. The van der Waals surface area contributed by atoms with Crippen molar-refractivity contribution < 1.29 is 64.6 Å². The summed E-state index contributed by atoms with van der Waals surface area (Å²) in [5.41, 5.74) is 1.45. The summed E-state index contributed by atoms with van der Waals surface area (Å²) in [4.78, 5) is 48.2. The molecule has 2 saturated carbocycles. The van der Waals surface area contributed by atoms with Crippen LogP contribution in [0.4, 0.5) is 26.3 Å². The smallest absolute Gasteiger partial charge is 0.367 e. The lowest BCUT2D eigenvalue weighted by atomic mass is 10.0. The van der Waals surface area contributed by atoms with E-state index in [9.17, 15) is 40.7 Å². The number of ether oxygens (including phenoxy) is 2. The second-order valence-corrected chi connectivity index (χ2v) is 14.7. The molecule has 3 aliphatic rings. The first-order valence-corrected chi connectivity index (χ1v) is 16.6. The molecule has 18 heteroatoms. The molecule has 5 rings (SSSR count). The minimum Gasteiger partial charge on any atom is -0.483 e. The van der Waals surface area contributed by atoms with Gasteiger partial charge in [-0.15, -0.1) is 0 Å². The highest BCUT2D eigenvalue weighted by Crippen LogP contribution is 2.49. The first-order chi connectivity index (χ1) is 24.3. The molecule has 2 heterocycles. The number of carbonyl (C=O) groups excluding carboxylic acids is 3. The molecule has 3 fully saturated rings. The zero-order chi connectivity index (χ0) is 40.5. The third-order valence-electron chi connectivity index (χ3n) is 7.47. The second-order valence-electron chi connectivity index (χ2n) is 14.7. The Balaban J connectivity index is 0.000000332. The molecule has 2 aromatic rings. The van der Waals surface area contributed by atoms with Crippen molar-refractivity contribution >= 4 is 24.3 Å². The van der Waals surface area contributed by atoms with Gasteiger partial charge in [-0.25, -0.2) is 31.5 Å². The van der Waals surface area contributed by atoms with Crippen molar-refractivity contribution in [3.8, 4) is 0 Å². The molecule has 1 saturated heterocycles. The topological polar surface area (TPSA) is 175 Å². The van der Waals surface area contributed by atoms with Crippen molar-refractivity contribution in [1.82, 2.24) is 15.0 Å². The van der Waals surface area contributed by atoms with E-state index in [2.05, 4.69) is 21.5 Å². The van der Waals surface area contributed by atoms with Crippen LogP contribution in [0, 0.1) is 17.5 Å². The van der Waals surface area contributed by atoms with Gasteiger partial charge in [-0.3, -0.25) is 9.59 Å². The molecular formula is C35H46F6N4O8. The van der Waals surface area contributed by atoms with Gasteiger partial charge in [0.2, 0.25) is 17.4 Å². The minimum absolute atomic E-state index is 0.0580. The molecule has 1 aliphatic heterocycles. The fourth-order valence-corrected chi connectivity index (χ4v) is 4.64. The minimum atomic E-state index is -1.65. The number of nitrogens with two attached hydrogens (primary N) is 1. The number of rotatable bonds is 8. The molecule has 12 nitrogen and oxygen atoms in total. The summed E-state index contributed by atoms with van der Waals surface area (Å²) in [5.74, 6) is -6.22. The molecule has 2 atom stereocenters. The lowest BCUT2D eigenvalue weighted by molar-refractivity contribution is -0.163. The van der Waals surface area contributed by atoms with Crippen molar-refractivity contribution in [2.75, 3.05) is 6.54 Å². The number of halogens is 6. The fourth-order valence-electron chi connectivity index (χ4n) is 4.64. The van der Waals surface area contributed by atoms with Crippen LogP contribution in [0.5, 0.6) is 0 Å². The van der Waals surface area contributed by atoms with E-state index < -0.39 is 69.8 Å². The highest BCUT2D eigenvalue weighted by atomic mass is 19.2. The number of esters is 2. The van der Waals surface area contributed by atoms with Gasteiger partial charge in [-0.05, 0) is 98.1 Å². The Bertz CT molecular complexity index is 1620. The van der Waals surface area contributed by atoms with Gasteiger partial charge in [0, 0.05) is 25.1 Å². The summed E-state index contributed by atoms with van der Waals surface area (Å²) >= 11 is 0. The van der Waals surface area contributed by atoms with Crippen molar-refractivity contribution in [2.45, 2.75) is 128 Å². The van der Waals surface area contributed by atoms with Crippen LogP contribution in [0.2, 0.25) is 0 Å². The van der Waals surface area contributed by atoms with Crippen LogP contribution in [-0.4, -0.2) is 73.9 Å². The number of benzene rings is 1. The van der Waals surface area contributed by atoms with E-state index in [0.29, 0.717) is 51.1 Å². The Hall–Kier alpha value is -4.48. The standard InChI is InChI=1S/C19H20F4N4O2.C8H13FO2.C7H11FO2.CH2O2/c20-12-9-14(22)13(21)7-10(12)6-11(24)8-16(28)27-5-1-2-15(27)17-25-18(29-26-17)19(23)3-4-19;1-7(2,3)11-6(10)8(9)4-5-8;1-5(8)6(9)10-7(2,3)4;2-1-3/h7,9,11,15H,1-6,8,24H2;4-5H2,1-3H3;1H2,2-4H3;1H,(H,2,3)/t11-,15+;;;/m1.../s1. The Morgan fingerprint density at radius 1 is 1.04 bits per heavy atom. The zero-order valence-corrected chi connectivity index (χ0v) is 30.4. The molecular weight excluding hydrogens is 718 g/mol. The van der Waals surface area contributed by atoms with Crippen LogP contribution >= 0.6 is 0 Å². The molecule has 2 aliphatic carbocycles. The Morgan fingerprint density at radius 2 is 1.58 bits per heavy atom. The largest absolute Gasteiger partial charge is 0.483 e. The lowest BCUT2D eigenvalue weighted by Crippen LogP contribution is -2.36. The van der Waals surface area contributed by atoms with Gasteiger partial charge in [-0.2, -0.15) is 9.37 Å². The predicted octanol–water partition coefficient (Wildman–Crippen LogP) is 6.41. The van der Waals surface area contributed by atoms with E-state index in [-0.39, 0.29) is 42.5 Å². The molecule has 1 aromatic heterocycles. The van der Waals surface area contributed by atoms with Crippen molar-refractivity contribution in [3.63, 3.8) is 0 Å². The fraction of sp³-hybridized carbons (Fsp3) is 0.600. The molecule has 53 heavy (non-hydrogen) atoms. The maximum Gasteiger partial charge on any atom is 0.367 e. The van der Waals surface area contributed by atoms with Crippen molar-refractivity contribution in [3.05, 3.63) is 59.3 Å². The quantitative estimate of drug-likeness (QED) is 0.0999. The summed E-state index contributed by atoms with van der Waals surface area (Å²) < 4.78 is 93.6. The van der Waals surface area contributed by atoms with Crippen LogP contribution in [0.25, 0.3) is 0 Å². The number of aromatic nitrogens is 2. The van der Waals surface area contributed by atoms with Crippen molar-refractivity contribution in [2.24, 2.45) is 5.73 Å². The van der Waals surface area contributed by atoms with Gasteiger partial charge in [0.05, 0.1) is 6.04 Å². The normalized spacial score (nSPS) is 18.4. The maximum atomic E-state index is 14.1. The Kier molecular flexibility index (Phi) is 15.2. The predicted molar refractivity (Wildman–Crippen MR) is 176 cm³/mol. The number of hydrogen-bond donors (Lipinski definition) is 2. The average Bonchev–Trinajstić information content (AvgIpc) is 3.80. The van der Waals surface area contributed by atoms with Gasteiger partial charge in [0.1, 0.15) is 17.0 Å². The summed E-state index contributed by atoms with van der Waals surface area (Å²) in [6.07, 6.45) is 2.42. The number of alkyl halides is 2. The number of amides is 1. The highest BCUT2D eigenvalue weighted by molar-refractivity contribution is 5.85. The molecule has 1 aromatic carbocycles. The van der Waals surface area contributed by atoms with Crippen LogP contribution in [-0.2, 0) is 40.7 Å². The lowest BCUT2D eigenvalue weighted by Gasteiger charge is -2.24. The second kappa shape index (κ2) is 18.0. The molecule has 0 bridgehead atoms. The third kappa shape index (κ3) is 14.5. The molecule has 3 N–H and O–H groups in total. The summed E-state index contributed by atoms with van der Waals surface area (Å²) in [7, 11) is 0. The summed E-state index contributed by atoms with van der Waals surface area (Å²) in [5, 5.41) is 10.7. The van der Waals surface area contributed by atoms with E-state index in [4.69, 9.17) is 24.9 Å². The third-order valence-corrected chi connectivity index (χ3v) is 7.47.